The van der Waals surface area contributed by atoms with Gasteiger partial charge >= 0.3 is 0 Å². The summed E-state index contributed by atoms with van der Waals surface area (Å²) >= 11 is 0. The SMILES string of the molecule is CCCN(CC(=O)N(Cc1ccccc1)C1CCN(C(=O)/C=C/c2ccccc2)CC1)S(=O)(=O)c1ccccc1. The van der Waals surface area contributed by atoms with Crippen LogP contribution >= 0.6 is 0 Å². The van der Waals surface area contributed by atoms with E-state index in [4.69, 9.17) is 0 Å². The molecule has 0 aromatic heterocycles. The molecule has 0 unspecified atom stereocenters. The molecule has 0 radical (unpaired) electrons. The standard InChI is InChI=1S/C32H37N3O4S/c1-2-22-34(40(38,39)30-16-10-5-11-17-30)26-32(37)35(25-28-14-8-4-9-15-28)29-20-23-33(24-21-29)31(36)19-18-27-12-6-3-7-13-27/h3-19,29H,2,20-26H2,1H3/b19-18+. The predicted octanol–water partition coefficient (Wildman–Crippen LogP) is 4.82. The molecule has 2 amide bonds. The van der Waals surface area contributed by atoms with E-state index >= 15 is 0 Å². The van der Waals surface area contributed by atoms with E-state index in [1.54, 1.807) is 41.3 Å². The number of benzene rings is 3. The summed E-state index contributed by atoms with van der Waals surface area (Å²) in [6, 6.07) is 27.6. The van der Waals surface area contributed by atoms with Gasteiger partial charge < -0.3 is 9.80 Å². The number of hydrogen-bond donors (Lipinski definition) is 0. The van der Waals surface area contributed by atoms with Gasteiger partial charge in [0.2, 0.25) is 21.8 Å². The van der Waals surface area contributed by atoms with Crippen LogP contribution in [0.5, 0.6) is 0 Å². The lowest BCUT2D eigenvalue weighted by Crippen LogP contribution is -2.51. The number of likely N-dealkylation sites (tertiary alicyclic amines) is 1. The molecule has 210 valence electrons. The Labute approximate surface area is 237 Å². The molecular formula is C32H37N3O4S. The number of rotatable bonds is 11. The highest BCUT2D eigenvalue weighted by Gasteiger charge is 2.33. The molecule has 0 saturated carbocycles. The Morgan fingerprint density at radius 1 is 0.875 bits per heavy atom. The fourth-order valence-corrected chi connectivity index (χ4v) is 6.46. The van der Waals surface area contributed by atoms with Crippen molar-refractivity contribution in [1.29, 1.82) is 0 Å². The number of sulfonamides is 1. The van der Waals surface area contributed by atoms with Crippen LogP contribution in [0.1, 0.15) is 37.3 Å². The van der Waals surface area contributed by atoms with E-state index in [9.17, 15) is 18.0 Å². The van der Waals surface area contributed by atoms with Crippen LogP contribution < -0.4 is 0 Å². The minimum Gasteiger partial charge on any atom is -0.339 e. The van der Waals surface area contributed by atoms with Gasteiger partial charge in [-0.1, -0.05) is 85.8 Å². The molecule has 0 N–H and O–H groups in total. The third-order valence-electron chi connectivity index (χ3n) is 7.12. The van der Waals surface area contributed by atoms with Gasteiger partial charge in [-0.15, -0.1) is 0 Å². The number of piperidine rings is 1. The van der Waals surface area contributed by atoms with Gasteiger partial charge in [-0.2, -0.15) is 4.31 Å². The molecule has 8 heteroatoms. The molecule has 1 fully saturated rings. The van der Waals surface area contributed by atoms with E-state index in [0.717, 1.165) is 11.1 Å². The third kappa shape index (κ3) is 7.67. The summed E-state index contributed by atoms with van der Waals surface area (Å²) in [6.07, 6.45) is 5.26. The number of carbonyl (C=O) groups is 2. The van der Waals surface area contributed by atoms with Crippen LogP contribution in [0.2, 0.25) is 0 Å². The van der Waals surface area contributed by atoms with Crippen molar-refractivity contribution in [3.8, 4) is 0 Å². The van der Waals surface area contributed by atoms with Crippen LogP contribution in [0, 0.1) is 0 Å². The van der Waals surface area contributed by atoms with Gasteiger partial charge in [-0.3, -0.25) is 9.59 Å². The van der Waals surface area contributed by atoms with Crippen LogP contribution in [0.25, 0.3) is 6.08 Å². The van der Waals surface area contributed by atoms with Gasteiger partial charge in [0.25, 0.3) is 0 Å². The van der Waals surface area contributed by atoms with Gasteiger partial charge in [-0.05, 0) is 48.6 Å². The summed E-state index contributed by atoms with van der Waals surface area (Å²) in [6.45, 7) is 3.38. The number of amides is 2. The van der Waals surface area contributed by atoms with Crippen molar-refractivity contribution >= 4 is 27.9 Å². The summed E-state index contributed by atoms with van der Waals surface area (Å²) in [4.78, 5) is 30.4. The average molecular weight is 560 g/mol. The van der Waals surface area contributed by atoms with E-state index < -0.39 is 10.0 Å². The van der Waals surface area contributed by atoms with E-state index in [0.29, 0.717) is 38.9 Å². The second kappa shape index (κ2) is 14.1. The normalized spacial score (nSPS) is 14.5. The highest BCUT2D eigenvalue weighted by Crippen LogP contribution is 2.22. The predicted molar refractivity (Wildman–Crippen MR) is 158 cm³/mol. The third-order valence-corrected chi connectivity index (χ3v) is 8.98. The molecule has 7 nitrogen and oxygen atoms in total. The maximum Gasteiger partial charge on any atom is 0.246 e. The fraction of sp³-hybridized carbons (Fsp3) is 0.312. The Balaban J connectivity index is 1.48. The first kappa shape index (κ1) is 29.2. The van der Waals surface area contributed by atoms with Crippen molar-refractivity contribution < 1.29 is 18.0 Å². The molecule has 0 bridgehead atoms. The van der Waals surface area contributed by atoms with Crippen LogP contribution in [0.3, 0.4) is 0 Å². The van der Waals surface area contributed by atoms with Crippen molar-refractivity contribution in [2.45, 2.75) is 43.7 Å². The topological polar surface area (TPSA) is 78.0 Å². The zero-order valence-electron chi connectivity index (χ0n) is 22.9. The van der Waals surface area contributed by atoms with Crippen LogP contribution in [-0.2, 0) is 26.2 Å². The Morgan fingerprint density at radius 3 is 2.05 bits per heavy atom. The van der Waals surface area contributed by atoms with Crippen LogP contribution in [-0.4, -0.2) is 66.6 Å². The summed E-state index contributed by atoms with van der Waals surface area (Å²) in [5.41, 5.74) is 1.94. The highest BCUT2D eigenvalue weighted by atomic mass is 32.2. The lowest BCUT2D eigenvalue weighted by Gasteiger charge is -2.39. The molecule has 1 aliphatic heterocycles. The Bertz CT molecular complexity index is 1370. The van der Waals surface area contributed by atoms with Gasteiger partial charge in [0.05, 0.1) is 11.4 Å². The van der Waals surface area contributed by atoms with E-state index in [1.807, 2.05) is 78.6 Å². The summed E-state index contributed by atoms with van der Waals surface area (Å²) in [7, 11) is -3.82. The van der Waals surface area contributed by atoms with Crippen molar-refractivity contribution in [2.24, 2.45) is 0 Å². The van der Waals surface area contributed by atoms with Crippen molar-refractivity contribution in [2.75, 3.05) is 26.2 Å². The van der Waals surface area contributed by atoms with Gasteiger partial charge in [0.1, 0.15) is 0 Å². The van der Waals surface area contributed by atoms with Crippen LogP contribution in [0.4, 0.5) is 0 Å². The quantitative estimate of drug-likeness (QED) is 0.316. The minimum atomic E-state index is -3.82. The molecule has 4 rings (SSSR count). The molecule has 40 heavy (non-hydrogen) atoms. The molecular weight excluding hydrogens is 522 g/mol. The van der Waals surface area contributed by atoms with Gasteiger partial charge in [0, 0.05) is 38.3 Å². The smallest absolute Gasteiger partial charge is 0.246 e. The average Bonchev–Trinajstić information content (AvgIpc) is 3.00. The summed E-state index contributed by atoms with van der Waals surface area (Å²) < 4.78 is 28.1. The molecule has 1 saturated heterocycles. The summed E-state index contributed by atoms with van der Waals surface area (Å²) in [5, 5.41) is 0. The zero-order valence-corrected chi connectivity index (χ0v) is 23.7. The second-order valence-corrected chi connectivity index (χ2v) is 11.9. The molecule has 1 heterocycles. The molecule has 1 aliphatic rings. The van der Waals surface area contributed by atoms with Crippen molar-refractivity contribution in [3.63, 3.8) is 0 Å². The summed E-state index contributed by atoms with van der Waals surface area (Å²) in [5.74, 6) is -0.281. The number of hydrogen-bond acceptors (Lipinski definition) is 4. The lowest BCUT2D eigenvalue weighted by atomic mass is 10.0. The minimum absolute atomic E-state index is 0.0497. The largest absolute Gasteiger partial charge is 0.339 e. The molecule has 0 spiro atoms. The molecule has 3 aromatic rings. The highest BCUT2D eigenvalue weighted by molar-refractivity contribution is 7.89. The fourth-order valence-electron chi connectivity index (χ4n) is 4.95. The maximum atomic E-state index is 13.8. The second-order valence-electron chi connectivity index (χ2n) is 9.96. The zero-order chi connectivity index (χ0) is 28.4. The molecule has 3 aromatic carbocycles. The first-order chi connectivity index (χ1) is 19.4. The van der Waals surface area contributed by atoms with Crippen molar-refractivity contribution in [3.05, 3.63) is 108 Å². The van der Waals surface area contributed by atoms with Gasteiger partial charge in [-0.25, -0.2) is 8.42 Å². The first-order valence-corrected chi connectivity index (χ1v) is 15.2. The Morgan fingerprint density at radius 2 is 1.45 bits per heavy atom. The van der Waals surface area contributed by atoms with Crippen molar-refractivity contribution in [1.82, 2.24) is 14.1 Å². The molecule has 0 aliphatic carbocycles. The van der Waals surface area contributed by atoms with E-state index in [1.165, 1.54) is 4.31 Å². The number of carbonyl (C=O) groups excluding carboxylic acids is 2. The van der Waals surface area contributed by atoms with E-state index in [-0.39, 0.29) is 35.8 Å². The molecule has 0 atom stereocenters. The number of nitrogens with zero attached hydrogens (tertiary/aromatic N) is 3. The first-order valence-electron chi connectivity index (χ1n) is 13.8. The maximum absolute atomic E-state index is 13.8. The lowest BCUT2D eigenvalue weighted by molar-refractivity contribution is -0.136. The van der Waals surface area contributed by atoms with E-state index in [2.05, 4.69) is 0 Å². The van der Waals surface area contributed by atoms with Crippen LogP contribution in [0.15, 0.2) is 102 Å². The Hall–Kier alpha value is -3.75. The monoisotopic (exact) mass is 559 g/mol. The Kier molecular flexibility index (Phi) is 10.3. The van der Waals surface area contributed by atoms with Gasteiger partial charge in [0.15, 0.2) is 0 Å².